The zero-order chi connectivity index (χ0) is 39.4. The topological polar surface area (TPSA) is 128 Å². The minimum Gasteiger partial charge on any atom is -0.497 e. The second-order valence-electron chi connectivity index (χ2n) is 13.5. The summed E-state index contributed by atoms with van der Waals surface area (Å²) in [6.45, 7) is 8.10. The van der Waals surface area contributed by atoms with Gasteiger partial charge < -0.3 is 43.0 Å². The minimum absolute atomic E-state index is 0.0254. The number of methoxy groups -OCH3 is 3. The Balaban J connectivity index is 1.98. The Morgan fingerprint density at radius 2 is 1.69 bits per heavy atom. The normalized spacial score (nSPS) is 21.1. The van der Waals surface area contributed by atoms with Crippen LogP contribution in [0.15, 0.2) is 103 Å². The fourth-order valence-electron chi connectivity index (χ4n) is 6.17. The molecule has 1 heterocycles. The Morgan fingerprint density at radius 3 is 2.33 bits per heavy atom. The molecule has 1 N–H and O–H groups in total. The fraction of sp³-hybridized carbons (Fsp3) is 0.488. The highest BCUT2D eigenvalue weighted by molar-refractivity contribution is 5.84. The van der Waals surface area contributed by atoms with Crippen LogP contribution >= 0.6 is 0 Å². The maximum absolute atomic E-state index is 13.3. The summed E-state index contributed by atoms with van der Waals surface area (Å²) in [7, 11) is 4.36. The molecule has 11 heteroatoms. The maximum Gasteiger partial charge on any atom is 0.331 e. The molecule has 3 unspecified atom stereocenters. The van der Waals surface area contributed by atoms with E-state index >= 15 is 0 Å². The van der Waals surface area contributed by atoms with Gasteiger partial charge in [0, 0.05) is 31.1 Å². The first-order valence-electron chi connectivity index (χ1n) is 18.3. The summed E-state index contributed by atoms with van der Waals surface area (Å²) in [4.78, 5) is 26.1. The van der Waals surface area contributed by atoms with Crippen molar-refractivity contribution in [3.05, 3.63) is 114 Å². The second kappa shape index (κ2) is 23.0. The van der Waals surface area contributed by atoms with Crippen molar-refractivity contribution < 1.29 is 52.6 Å². The molecule has 3 rings (SSSR count). The van der Waals surface area contributed by atoms with Crippen LogP contribution in [0.25, 0.3) is 0 Å². The first-order chi connectivity index (χ1) is 26.0. The van der Waals surface area contributed by atoms with Crippen LogP contribution in [0.4, 0.5) is 0 Å². The first-order valence-corrected chi connectivity index (χ1v) is 18.3. The summed E-state index contributed by atoms with van der Waals surface area (Å²) in [5.41, 5.74) is 1.37. The summed E-state index contributed by atoms with van der Waals surface area (Å²) in [5.74, 6) is -2.21. The van der Waals surface area contributed by atoms with E-state index in [-0.39, 0.29) is 26.4 Å². The van der Waals surface area contributed by atoms with Crippen LogP contribution in [0, 0.1) is 5.41 Å². The number of hydrogen-bond donors (Lipinski definition) is 1. The number of unbranched alkanes of at least 4 members (excludes halogenated alkanes) is 1. The molecule has 0 saturated carbocycles. The molecule has 0 bridgehead atoms. The van der Waals surface area contributed by atoms with Crippen LogP contribution in [0.2, 0.25) is 0 Å². The number of ether oxygens (including phenoxy) is 8. The molecule has 2 aromatic rings. The molecule has 0 aromatic heterocycles. The van der Waals surface area contributed by atoms with Crippen molar-refractivity contribution >= 4 is 11.9 Å². The lowest BCUT2D eigenvalue weighted by Crippen LogP contribution is -2.63. The molecule has 1 aliphatic heterocycles. The SMILES string of the molecule is CCCC=CC=CC(=O)OC1C(=CC(=O)OC)CC(C[C@@H](OCc2ccc(OC)cc2)[C@@H](C)OCOCc2ccccc2)OC1(OC)C(C)(C)C=CCO. The minimum atomic E-state index is -1.66. The maximum atomic E-state index is 13.3. The summed E-state index contributed by atoms with van der Waals surface area (Å²) < 4.78 is 48.1. The predicted octanol–water partition coefficient (Wildman–Crippen LogP) is 7.18. The molecule has 0 amide bonds. The first kappa shape index (κ1) is 44.3. The molecule has 0 spiro atoms. The third kappa shape index (κ3) is 13.3. The van der Waals surface area contributed by atoms with Gasteiger partial charge in [-0.15, -0.1) is 0 Å². The molecule has 1 saturated heterocycles. The van der Waals surface area contributed by atoms with Crippen molar-refractivity contribution in [3.8, 4) is 5.75 Å². The van der Waals surface area contributed by atoms with Gasteiger partial charge in [-0.25, -0.2) is 9.59 Å². The standard InChI is InChI=1S/C43H58O11/c1-8-9-10-11-15-19-39(45)53-41-35(27-40(46)48-6)26-37(54-43(41,49-7)42(3,4)24-16-25-44)28-38(51-30-34-20-22-36(47-5)23-21-34)32(2)52-31-50-29-33-17-13-12-14-18-33/h10-24,27,32,37-38,41,44H,8-9,25-26,28-31H2,1-7H3/t32-,37?,38-,41?,43?/m1/s1. The van der Waals surface area contributed by atoms with E-state index in [9.17, 15) is 14.7 Å². The third-order valence-corrected chi connectivity index (χ3v) is 9.17. The molecular weight excluding hydrogens is 692 g/mol. The molecule has 54 heavy (non-hydrogen) atoms. The Labute approximate surface area is 320 Å². The van der Waals surface area contributed by atoms with Crippen LogP contribution in [-0.4, -0.2) is 82.0 Å². The number of carbonyl (C=O) groups is 2. The van der Waals surface area contributed by atoms with Crippen LogP contribution in [0.3, 0.4) is 0 Å². The van der Waals surface area contributed by atoms with Crippen molar-refractivity contribution in [2.75, 3.05) is 34.7 Å². The number of hydrogen-bond acceptors (Lipinski definition) is 11. The van der Waals surface area contributed by atoms with E-state index in [1.54, 1.807) is 31.4 Å². The van der Waals surface area contributed by atoms with Crippen molar-refractivity contribution in [2.45, 2.75) is 96.8 Å². The van der Waals surface area contributed by atoms with Gasteiger partial charge in [0.25, 0.3) is 0 Å². The molecular formula is C43H58O11. The average Bonchev–Trinajstić information content (AvgIpc) is 3.18. The van der Waals surface area contributed by atoms with E-state index in [2.05, 4.69) is 6.92 Å². The largest absolute Gasteiger partial charge is 0.497 e. The zero-order valence-corrected chi connectivity index (χ0v) is 32.7. The van der Waals surface area contributed by atoms with Gasteiger partial charge in [-0.3, -0.25) is 0 Å². The van der Waals surface area contributed by atoms with Gasteiger partial charge in [-0.1, -0.05) is 100 Å². The van der Waals surface area contributed by atoms with E-state index in [0.29, 0.717) is 18.6 Å². The molecule has 0 aliphatic carbocycles. The monoisotopic (exact) mass is 750 g/mol. The fourth-order valence-corrected chi connectivity index (χ4v) is 6.17. The highest BCUT2D eigenvalue weighted by Gasteiger charge is 2.59. The number of benzene rings is 2. The van der Waals surface area contributed by atoms with Crippen molar-refractivity contribution in [1.29, 1.82) is 0 Å². The molecule has 1 fully saturated rings. The quantitative estimate of drug-likeness (QED) is 0.0328. The van der Waals surface area contributed by atoms with Crippen LogP contribution in [0.5, 0.6) is 5.75 Å². The molecule has 1 aliphatic rings. The van der Waals surface area contributed by atoms with Gasteiger partial charge >= 0.3 is 11.9 Å². The van der Waals surface area contributed by atoms with E-state index < -0.39 is 47.6 Å². The lowest BCUT2D eigenvalue weighted by Gasteiger charge is -2.53. The number of aliphatic hydroxyl groups excluding tert-OH is 1. The van der Waals surface area contributed by atoms with Crippen LogP contribution < -0.4 is 4.74 Å². The Bertz CT molecular complexity index is 1530. The number of esters is 2. The number of aliphatic hydroxyl groups is 1. The Hall–Kier alpha value is -4.10. The summed E-state index contributed by atoms with van der Waals surface area (Å²) in [5, 5.41) is 9.74. The Kier molecular flexibility index (Phi) is 18.8. The predicted molar refractivity (Wildman–Crippen MR) is 205 cm³/mol. The highest BCUT2D eigenvalue weighted by Crippen LogP contribution is 2.48. The van der Waals surface area contributed by atoms with E-state index in [1.165, 1.54) is 26.4 Å². The van der Waals surface area contributed by atoms with Crippen molar-refractivity contribution in [3.63, 3.8) is 0 Å². The smallest absolute Gasteiger partial charge is 0.331 e. The lowest BCUT2D eigenvalue weighted by molar-refractivity contribution is -0.338. The number of carbonyl (C=O) groups excluding carboxylic acids is 2. The second-order valence-corrected chi connectivity index (χ2v) is 13.5. The third-order valence-electron chi connectivity index (χ3n) is 9.17. The van der Waals surface area contributed by atoms with Gasteiger partial charge in [0.15, 0.2) is 6.10 Å². The highest BCUT2D eigenvalue weighted by atomic mass is 16.7. The number of allylic oxidation sites excluding steroid dienone is 3. The molecule has 11 nitrogen and oxygen atoms in total. The van der Waals surface area contributed by atoms with Crippen molar-refractivity contribution in [2.24, 2.45) is 5.41 Å². The molecule has 0 radical (unpaired) electrons. The average molecular weight is 751 g/mol. The van der Waals surface area contributed by atoms with E-state index in [4.69, 9.17) is 37.9 Å². The molecule has 5 atom stereocenters. The van der Waals surface area contributed by atoms with Gasteiger partial charge in [0.05, 0.1) is 52.4 Å². The van der Waals surface area contributed by atoms with Gasteiger partial charge in [-0.05, 0) is 48.6 Å². The van der Waals surface area contributed by atoms with E-state index in [1.807, 2.05) is 81.4 Å². The van der Waals surface area contributed by atoms with Crippen LogP contribution in [0.1, 0.15) is 64.5 Å². The molecule has 2 aromatic carbocycles. The summed E-state index contributed by atoms with van der Waals surface area (Å²) >= 11 is 0. The van der Waals surface area contributed by atoms with Gasteiger partial charge in [0.1, 0.15) is 12.5 Å². The van der Waals surface area contributed by atoms with Crippen molar-refractivity contribution in [1.82, 2.24) is 0 Å². The van der Waals surface area contributed by atoms with Gasteiger partial charge in [-0.2, -0.15) is 0 Å². The Morgan fingerprint density at radius 1 is 0.963 bits per heavy atom. The van der Waals surface area contributed by atoms with Gasteiger partial charge in [0.2, 0.25) is 5.79 Å². The zero-order valence-electron chi connectivity index (χ0n) is 32.7. The number of rotatable bonds is 22. The van der Waals surface area contributed by atoms with Crippen LogP contribution in [-0.2, 0) is 56.0 Å². The summed E-state index contributed by atoms with van der Waals surface area (Å²) in [6, 6.07) is 17.4. The molecule has 296 valence electrons. The summed E-state index contributed by atoms with van der Waals surface area (Å²) in [6.07, 6.45) is 10.8. The van der Waals surface area contributed by atoms with E-state index in [0.717, 1.165) is 29.7 Å². The lowest BCUT2D eigenvalue weighted by atomic mass is 9.74.